The molecule has 1 aliphatic heterocycles. The highest BCUT2D eigenvalue weighted by Crippen LogP contribution is 2.23. The van der Waals surface area contributed by atoms with Gasteiger partial charge in [-0.2, -0.15) is 0 Å². The van der Waals surface area contributed by atoms with Gasteiger partial charge in [-0.3, -0.25) is 4.79 Å². The summed E-state index contributed by atoms with van der Waals surface area (Å²) in [5, 5.41) is 9.75. The summed E-state index contributed by atoms with van der Waals surface area (Å²) in [6.45, 7) is 3.73. The Hall–Kier alpha value is -1.61. The van der Waals surface area contributed by atoms with Gasteiger partial charge in [0.25, 0.3) is 5.91 Å². The molecule has 0 saturated carbocycles. The molecule has 9 heteroatoms. The van der Waals surface area contributed by atoms with E-state index in [2.05, 4.69) is 15.9 Å². The zero-order valence-electron chi connectivity index (χ0n) is 14.6. The van der Waals surface area contributed by atoms with Gasteiger partial charge in [-0.05, 0) is 30.5 Å². The van der Waals surface area contributed by atoms with E-state index in [0.29, 0.717) is 17.4 Å². The summed E-state index contributed by atoms with van der Waals surface area (Å²) in [6.07, 6.45) is 0.390. The second-order valence-electron chi connectivity index (χ2n) is 6.73. The molecule has 144 valence electrons. The maximum Gasteiger partial charge on any atom is 0.342 e. The number of hydrogen-bond donors (Lipinski definition) is 1. The molecule has 1 aromatic rings. The van der Waals surface area contributed by atoms with Gasteiger partial charge >= 0.3 is 5.97 Å². The lowest BCUT2D eigenvalue weighted by atomic mass is 10.1. The number of phenolic OH excluding ortho intramolecular Hbond substituents is 1. The summed E-state index contributed by atoms with van der Waals surface area (Å²) in [5.41, 5.74) is -0.0500. The van der Waals surface area contributed by atoms with Gasteiger partial charge in [0.1, 0.15) is 11.3 Å². The van der Waals surface area contributed by atoms with E-state index in [1.165, 1.54) is 17.0 Å². The zero-order chi connectivity index (χ0) is 19.5. The van der Waals surface area contributed by atoms with E-state index in [9.17, 15) is 23.1 Å². The van der Waals surface area contributed by atoms with Gasteiger partial charge < -0.3 is 14.7 Å². The van der Waals surface area contributed by atoms with Gasteiger partial charge in [0, 0.05) is 17.1 Å². The number of benzene rings is 1. The fourth-order valence-electron chi connectivity index (χ4n) is 2.83. The van der Waals surface area contributed by atoms with E-state index in [1.54, 1.807) is 6.07 Å². The first-order valence-electron chi connectivity index (χ1n) is 8.24. The van der Waals surface area contributed by atoms with Crippen LogP contribution >= 0.6 is 15.9 Å². The molecule has 1 N–H and O–H groups in total. The van der Waals surface area contributed by atoms with Crippen LogP contribution in [-0.2, 0) is 19.4 Å². The number of hydrogen-bond acceptors (Lipinski definition) is 6. The van der Waals surface area contributed by atoms with Crippen molar-refractivity contribution in [3.05, 3.63) is 28.2 Å². The summed E-state index contributed by atoms with van der Waals surface area (Å²) in [7, 11) is -3.13. The first kappa shape index (κ1) is 20.7. The van der Waals surface area contributed by atoms with Crippen molar-refractivity contribution in [2.45, 2.75) is 26.3 Å². The molecule has 0 aliphatic carbocycles. The quantitative estimate of drug-likeness (QED) is 0.668. The van der Waals surface area contributed by atoms with Crippen LogP contribution in [-0.4, -0.2) is 61.0 Å². The largest absolute Gasteiger partial charge is 0.507 e. The second kappa shape index (κ2) is 8.39. The minimum absolute atomic E-state index is 0.0500. The van der Waals surface area contributed by atoms with Crippen LogP contribution < -0.4 is 0 Å². The summed E-state index contributed by atoms with van der Waals surface area (Å²) >= 11 is 3.20. The van der Waals surface area contributed by atoms with Crippen LogP contribution in [0, 0.1) is 5.92 Å². The van der Waals surface area contributed by atoms with E-state index in [0.717, 1.165) is 0 Å². The number of halogens is 1. The van der Waals surface area contributed by atoms with E-state index >= 15 is 0 Å². The van der Waals surface area contributed by atoms with E-state index in [-0.39, 0.29) is 28.7 Å². The summed E-state index contributed by atoms with van der Waals surface area (Å²) in [5.74, 6) is -1.36. The fourth-order valence-corrected chi connectivity index (χ4v) is 4.92. The Balaban J connectivity index is 2.05. The van der Waals surface area contributed by atoms with Crippen LogP contribution in [0.4, 0.5) is 0 Å². The van der Waals surface area contributed by atoms with Crippen molar-refractivity contribution in [3.8, 4) is 5.75 Å². The molecule has 1 saturated heterocycles. The number of amides is 1. The van der Waals surface area contributed by atoms with Crippen molar-refractivity contribution < 1.29 is 27.9 Å². The third-order valence-electron chi connectivity index (χ3n) is 4.04. The number of phenols is 1. The number of nitrogens with zero attached hydrogens (tertiary/aromatic N) is 1. The number of carbonyl (C=O) groups excluding carboxylic acids is 2. The second-order valence-corrected chi connectivity index (χ2v) is 9.88. The summed E-state index contributed by atoms with van der Waals surface area (Å²) in [4.78, 5) is 26.2. The number of ether oxygens (including phenoxy) is 1. The lowest BCUT2D eigenvalue weighted by Gasteiger charge is -2.29. The van der Waals surface area contributed by atoms with Crippen LogP contribution in [0.15, 0.2) is 22.7 Å². The highest BCUT2D eigenvalue weighted by molar-refractivity contribution is 9.10. The molecule has 0 spiro atoms. The average Bonchev–Trinajstić information content (AvgIpc) is 2.91. The summed E-state index contributed by atoms with van der Waals surface area (Å²) < 4.78 is 29.1. The lowest BCUT2D eigenvalue weighted by Crippen LogP contribution is -2.45. The molecule has 26 heavy (non-hydrogen) atoms. The fraction of sp³-hybridized carbons (Fsp3) is 0.529. The minimum Gasteiger partial charge on any atom is -0.507 e. The van der Waals surface area contributed by atoms with Crippen LogP contribution in [0.25, 0.3) is 0 Å². The van der Waals surface area contributed by atoms with E-state index in [1.807, 2.05) is 13.8 Å². The molecule has 1 heterocycles. The standard InChI is InChI=1S/C17H22BrNO6S/c1-11(2)8-19(13-5-6-26(23,24)10-13)16(21)9-25-17(22)14-7-12(18)3-4-15(14)20/h3-4,7,11,13,20H,5-6,8-10H2,1-2H3/t13-/m1/s1. The third-order valence-corrected chi connectivity index (χ3v) is 6.28. The molecule has 0 unspecified atom stereocenters. The highest BCUT2D eigenvalue weighted by Gasteiger charge is 2.35. The molecule has 1 aromatic carbocycles. The number of sulfone groups is 1. The Kier molecular flexibility index (Phi) is 6.68. The van der Waals surface area contributed by atoms with Crippen LogP contribution in [0.1, 0.15) is 30.6 Å². The minimum atomic E-state index is -3.13. The first-order valence-corrected chi connectivity index (χ1v) is 10.9. The van der Waals surface area contributed by atoms with Crippen molar-refractivity contribution >= 4 is 37.6 Å². The number of aromatic hydroxyl groups is 1. The molecule has 0 radical (unpaired) electrons. The lowest BCUT2D eigenvalue weighted by molar-refractivity contribution is -0.137. The topological polar surface area (TPSA) is 101 Å². The third kappa shape index (κ3) is 5.44. The maximum absolute atomic E-state index is 12.5. The maximum atomic E-state index is 12.5. The van der Waals surface area contributed by atoms with Gasteiger partial charge in [-0.1, -0.05) is 29.8 Å². The molecule has 1 fully saturated rings. The van der Waals surface area contributed by atoms with Gasteiger partial charge in [0.05, 0.1) is 11.5 Å². The molecule has 2 rings (SSSR count). The van der Waals surface area contributed by atoms with E-state index in [4.69, 9.17) is 4.74 Å². The smallest absolute Gasteiger partial charge is 0.342 e. The SMILES string of the molecule is CC(C)CN(C(=O)COC(=O)c1cc(Br)ccc1O)[C@@H]1CCS(=O)(=O)C1. The Morgan fingerprint density at radius 1 is 1.38 bits per heavy atom. The van der Waals surface area contributed by atoms with Crippen LogP contribution in [0.5, 0.6) is 5.75 Å². The molecule has 0 bridgehead atoms. The van der Waals surface area contributed by atoms with Gasteiger partial charge in [-0.15, -0.1) is 0 Å². The normalized spacial score (nSPS) is 18.7. The Morgan fingerprint density at radius 2 is 2.08 bits per heavy atom. The van der Waals surface area contributed by atoms with E-state index < -0.39 is 34.4 Å². The zero-order valence-corrected chi connectivity index (χ0v) is 17.0. The molecule has 1 atom stereocenters. The van der Waals surface area contributed by atoms with Crippen LogP contribution in [0.2, 0.25) is 0 Å². The Morgan fingerprint density at radius 3 is 2.65 bits per heavy atom. The molecule has 1 aliphatic rings. The summed E-state index contributed by atoms with van der Waals surface area (Å²) in [6, 6.07) is 3.92. The van der Waals surface area contributed by atoms with Crippen molar-refractivity contribution in [1.82, 2.24) is 4.90 Å². The number of rotatable bonds is 6. The van der Waals surface area contributed by atoms with Gasteiger partial charge in [0.2, 0.25) is 0 Å². The van der Waals surface area contributed by atoms with Crippen LogP contribution in [0.3, 0.4) is 0 Å². The highest BCUT2D eigenvalue weighted by atomic mass is 79.9. The first-order chi connectivity index (χ1) is 12.1. The Labute approximate surface area is 161 Å². The van der Waals surface area contributed by atoms with Gasteiger partial charge in [-0.25, -0.2) is 13.2 Å². The molecular formula is C17H22BrNO6S. The number of carbonyl (C=O) groups is 2. The predicted molar refractivity (Wildman–Crippen MR) is 99.7 cm³/mol. The Bertz CT molecular complexity index is 792. The molecular weight excluding hydrogens is 426 g/mol. The molecule has 7 nitrogen and oxygen atoms in total. The van der Waals surface area contributed by atoms with Gasteiger partial charge in [0.15, 0.2) is 16.4 Å². The van der Waals surface area contributed by atoms with Crippen molar-refractivity contribution in [1.29, 1.82) is 0 Å². The van der Waals surface area contributed by atoms with Crippen molar-refractivity contribution in [3.63, 3.8) is 0 Å². The van der Waals surface area contributed by atoms with Crippen molar-refractivity contribution in [2.24, 2.45) is 5.92 Å². The van der Waals surface area contributed by atoms with Crippen molar-refractivity contribution in [2.75, 3.05) is 24.7 Å². The monoisotopic (exact) mass is 447 g/mol. The predicted octanol–water partition coefficient (Wildman–Crippen LogP) is 1.98. The molecule has 1 amide bonds. The average molecular weight is 448 g/mol. The molecule has 0 aromatic heterocycles. The number of esters is 1.